The smallest absolute Gasteiger partial charge is 0.226 e. The van der Waals surface area contributed by atoms with Crippen LogP contribution in [0.2, 0.25) is 0 Å². The Balaban J connectivity index is 0. The van der Waals surface area contributed by atoms with Crippen LogP contribution in [0, 0.1) is 26.7 Å². The van der Waals surface area contributed by atoms with Crippen LogP contribution in [0.3, 0.4) is 0 Å². The summed E-state index contributed by atoms with van der Waals surface area (Å²) in [5.74, 6) is 0.648. The molecule has 1 N–H and O–H groups in total. The van der Waals surface area contributed by atoms with Gasteiger partial charge in [-0.05, 0) is 57.6 Å². The van der Waals surface area contributed by atoms with Crippen LogP contribution >= 0.6 is 7.14 Å². The minimum Gasteiger partial charge on any atom is -0.396 e. The van der Waals surface area contributed by atoms with Crippen LogP contribution in [0.25, 0.3) is 0 Å². The highest BCUT2D eigenvalue weighted by Gasteiger charge is 2.40. The van der Waals surface area contributed by atoms with Crippen LogP contribution in [0.5, 0.6) is 0 Å². The lowest BCUT2D eigenvalue weighted by atomic mass is 10.0. The van der Waals surface area contributed by atoms with E-state index in [-0.39, 0.29) is 11.2 Å². The van der Waals surface area contributed by atoms with Gasteiger partial charge in [-0.15, -0.1) is 0 Å². The van der Waals surface area contributed by atoms with E-state index in [4.69, 9.17) is 5.11 Å². The maximum absolute atomic E-state index is 14.0. The van der Waals surface area contributed by atoms with E-state index in [1.54, 1.807) is 18.2 Å². The van der Waals surface area contributed by atoms with E-state index < -0.39 is 7.14 Å². The molecule has 0 bridgehead atoms. The normalized spacial score (nSPS) is 14.1. The van der Waals surface area contributed by atoms with Crippen LogP contribution in [-0.2, 0) is 4.57 Å². The summed E-state index contributed by atoms with van der Waals surface area (Å²) in [4.78, 5) is 13.4. The van der Waals surface area contributed by atoms with Gasteiger partial charge < -0.3 is 9.67 Å². The number of hydrogen-bond acceptors (Lipinski definition) is 3. The van der Waals surface area contributed by atoms with Gasteiger partial charge in [-0.1, -0.05) is 90.1 Å². The number of allylic oxidation sites excluding steroid dienone is 5. The zero-order chi connectivity index (χ0) is 25.5. The Morgan fingerprint density at radius 2 is 1.62 bits per heavy atom. The monoisotopic (exact) mass is 462 g/mol. The number of hydrogen-bond donors (Lipinski definition) is 1. The zero-order valence-corrected chi connectivity index (χ0v) is 23.1. The summed E-state index contributed by atoms with van der Waals surface area (Å²) in [6, 6.07) is 3.96. The molecule has 32 heavy (non-hydrogen) atoms. The van der Waals surface area contributed by atoms with Crippen molar-refractivity contribution in [1.82, 2.24) is 0 Å². The Labute approximate surface area is 198 Å². The lowest BCUT2D eigenvalue weighted by Gasteiger charge is -2.25. The largest absolute Gasteiger partial charge is 0.396 e. The Morgan fingerprint density at radius 3 is 1.94 bits per heavy atom. The third-order valence-corrected chi connectivity index (χ3v) is 8.62. The average Bonchev–Trinajstić information content (AvgIpc) is 2.73. The first kappa shape index (κ1) is 32.5. The van der Waals surface area contributed by atoms with Crippen molar-refractivity contribution in [2.45, 2.75) is 87.7 Å². The molecule has 0 heterocycles. The first-order valence-electron chi connectivity index (χ1n) is 11.8. The highest BCUT2D eigenvalue weighted by molar-refractivity contribution is 7.85. The molecule has 0 aliphatic rings. The summed E-state index contributed by atoms with van der Waals surface area (Å²) < 4.78 is 14.0. The van der Waals surface area contributed by atoms with Gasteiger partial charge in [0.2, 0.25) is 5.52 Å². The van der Waals surface area contributed by atoms with Crippen LogP contribution < -0.4 is 0 Å². The predicted octanol–water partition coefficient (Wildman–Crippen LogP) is 8.61. The predicted molar refractivity (Wildman–Crippen MR) is 143 cm³/mol. The fourth-order valence-corrected chi connectivity index (χ4v) is 6.38. The summed E-state index contributed by atoms with van der Waals surface area (Å²) in [5.41, 5.74) is 3.03. The Bertz CT molecular complexity index is 793. The van der Waals surface area contributed by atoms with E-state index in [9.17, 15) is 9.36 Å². The van der Waals surface area contributed by atoms with E-state index in [1.807, 2.05) is 73.6 Å². The second-order valence-electron chi connectivity index (χ2n) is 8.23. The summed E-state index contributed by atoms with van der Waals surface area (Å²) in [7, 11) is -3.27. The van der Waals surface area contributed by atoms with E-state index in [0.717, 1.165) is 23.1 Å². The number of carbonyl (C=O) groups excluding carboxylic acids is 1. The fraction of sp³-hybridized carbons (Fsp3) is 0.536. The topological polar surface area (TPSA) is 54.4 Å². The summed E-state index contributed by atoms with van der Waals surface area (Å²) >= 11 is 0. The third kappa shape index (κ3) is 9.43. The van der Waals surface area contributed by atoms with Crippen molar-refractivity contribution < 1.29 is 14.5 Å². The molecule has 1 rings (SSSR count). The van der Waals surface area contributed by atoms with Crippen molar-refractivity contribution in [2.75, 3.05) is 6.61 Å². The zero-order valence-electron chi connectivity index (χ0n) is 22.2. The van der Waals surface area contributed by atoms with Gasteiger partial charge in [0.05, 0.1) is 0 Å². The van der Waals surface area contributed by atoms with Gasteiger partial charge in [0.25, 0.3) is 0 Å². The number of aliphatic hydroxyl groups is 1. The minimum absolute atomic E-state index is 0.215. The maximum Gasteiger partial charge on any atom is 0.226 e. The van der Waals surface area contributed by atoms with Gasteiger partial charge >= 0.3 is 0 Å². The molecule has 0 aromatic heterocycles. The molecule has 1 aromatic rings. The van der Waals surface area contributed by atoms with Crippen LogP contribution in [0.15, 0.2) is 48.3 Å². The second kappa shape index (κ2) is 16.9. The van der Waals surface area contributed by atoms with E-state index in [1.165, 1.54) is 0 Å². The number of aryl methyl sites for hydroxylation is 3. The van der Waals surface area contributed by atoms with Gasteiger partial charge in [0.15, 0.2) is 7.14 Å². The molecule has 0 aliphatic heterocycles. The third-order valence-electron chi connectivity index (χ3n) is 5.12. The molecule has 1 aromatic carbocycles. The van der Waals surface area contributed by atoms with Gasteiger partial charge in [0, 0.05) is 23.1 Å². The van der Waals surface area contributed by atoms with E-state index >= 15 is 0 Å². The number of carbonyl (C=O) groups is 1. The quantitative estimate of drug-likeness (QED) is 0.295. The molecule has 0 amide bonds. The highest BCUT2D eigenvalue weighted by atomic mass is 31.2. The molecule has 0 radical (unpaired) electrons. The van der Waals surface area contributed by atoms with Crippen LogP contribution in [-0.4, -0.2) is 22.9 Å². The van der Waals surface area contributed by atoms with Crippen LogP contribution in [0.4, 0.5) is 0 Å². The van der Waals surface area contributed by atoms with Crippen LogP contribution in [0.1, 0.15) is 88.4 Å². The maximum atomic E-state index is 14.0. The molecule has 3 nitrogen and oxygen atoms in total. The minimum atomic E-state index is -3.27. The fourth-order valence-electron chi connectivity index (χ4n) is 3.34. The van der Waals surface area contributed by atoms with E-state index in [0.29, 0.717) is 29.8 Å². The SMILES string of the molecule is C=C/C=C(\C=C/C)P(=O)(C(=O)c1c(C)cc(C)cc1C)C(C)CC.CC.CC(C)CCO. The molecule has 0 saturated carbocycles. The molecular formula is C28H47O3P. The molecule has 2 unspecified atom stereocenters. The number of rotatable bonds is 9. The van der Waals surface area contributed by atoms with Crippen molar-refractivity contribution in [3.63, 3.8) is 0 Å². The summed E-state index contributed by atoms with van der Waals surface area (Å²) in [6.45, 7) is 23.8. The molecule has 4 heteroatoms. The highest BCUT2D eigenvalue weighted by Crippen LogP contribution is 2.62. The van der Waals surface area contributed by atoms with Crippen molar-refractivity contribution in [3.8, 4) is 0 Å². The van der Waals surface area contributed by atoms with Gasteiger partial charge in [-0.25, -0.2) is 0 Å². The first-order chi connectivity index (χ1) is 15.0. The summed E-state index contributed by atoms with van der Waals surface area (Å²) in [6.07, 6.45) is 8.53. The van der Waals surface area contributed by atoms with Gasteiger partial charge in [0.1, 0.15) is 0 Å². The number of benzene rings is 1. The second-order valence-corrected chi connectivity index (χ2v) is 11.3. The molecule has 2 atom stereocenters. The Hall–Kier alpha value is -1.70. The van der Waals surface area contributed by atoms with Crippen molar-refractivity contribution in [3.05, 3.63) is 70.6 Å². The lowest BCUT2D eigenvalue weighted by molar-refractivity contribution is 0.107. The van der Waals surface area contributed by atoms with Crippen molar-refractivity contribution >= 4 is 12.7 Å². The Morgan fingerprint density at radius 1 is 1.12 bits per heavy atom. The molecule has 0 spiro atoms. The number of aliphatic hydroxyl groups excluding tert-OH is 1. The first-order valence-corrected chi connectivity index (χ1v) is 13.6. The van der Waals surface area contributed by atoms with Gasteiger partial charge in [-0.2, -0.15) is 0 Å². The average molecular weight is 463 g/mol. The Kier molecular flexibility index (Phi) is 17.1. The standard InChI is InChI=1S/C21H29O2P.C5H12O.C2H6/c1-8-11-19(12-9-2)24(23,18(7)10-3)21(22)20-16(5)13-15(4)14-17(20)6;1-5(2)3-4-6;1-2/h8-9,11-14,18H,1,10H2,2-7H3;5-6H,3-4H2,1-2H3;1-2H3/b12-9-,19-11+;;. The molecule has 0 aliphatic carbocycles. The lowest BCUT2D eigenvalue weighted by Crippen LogP contribution is -2.15. The molecule has 0 fully saturated rings. The molecule has 182 valence electrons. The van der Waals surface area contributed by atoms with E-state index in [2.05, 4.69) is 20.4 Å². The van der Waals surface area contributed by atoms with Gasteiger partial charge in [-0.3, -0.25) is 4.79 Å². The van der Waals surface area contributed by atoms with Crippen molar-refractivity contribution in [1.29, 1.82) is 0 Å². The van der Waals surface area contributed by atoms with Crippen molar-refractivity contribution in [2.24, 2.45) is 5.92 Å². The summed E-state index contributed by atoms with van der Waals surface area (Å²) in [5, 5.41) is 8.82. The molecular weight excluding hydrogens is 415 g/mol. The molecule has 0 saturated heterocycles.